The molecule has 0 atom stereocenters. The van der Waals surface area contributed by atoms with E-state index >= 15 is 0 Å². The molecule has 0 spiro atoms. The fourth-order valence-electron chi connectivity index (χ4n) is 3.56. The van der Waals surface area contributed by atoms with Crippen molar-refractivity contribution in [3.05, 3.63) is 48.0 Å². The third-order valence-electron chi connectivity index (χ3n) is 5.06. The van der Waals surface area contributed by atoms with E-state index in [1.54, 1.807) is 13.3 Å². The molecule has 1 fully saturated rings. The van der Waals surface area contributed by atoms with Gasteiger partial charge in [0.25, 0.3) is 0 Å². The zero-order chi connectivity index (χ0) is 19.3. The Hall–Kier alpha value is -3.49. The molecule has 9 nitrogen and oxygen atoms in total. The van der Waals surface area contributed by atoms with Crippen molar-refractivity contribution in [1.82, 2.24) is 34.5 Å². The van der Waals surface area contributed by atoms with E-state index in [0.29, 0.717) is 17.7 Å². The minimum absolute atomic E-state index is 0.300. The van der Waals surface area contributed by atoms with Crippen LogP contribution in [-0.2, 0) is 7.05 Å². The van der Waals surface area contributed by atoms with Crippen LogP contribution in [0.25, 0.3) is 16.9 Å². The summed E-state index contributed by atoms with van der Waals surface area (Å²) in [6, 6.07) is 10.4. The Bertz CT molecular complexity index is 1160. The number of rotatable bonds is 4. The average molecular weight is 376 g/mol. The maximum Gasteiger partial charge on any atom is 0.320 e. The van der Waals surface area contributed by atoms with Crippen LogP contribution in [0.4, 0.5) is 5.82 Å². The predicted molar refractivity (Wildman–Crippen MR) is 104 cm³/mol. The summed E-state index contributed by atoms with van der Waals surface area (Å²) in [5.41, 5.74) is 3.01. The average Bonchev–Trinajstić information content (AvgIpc) is 3.25. The van der Waals surface area contributed by atoms with Crippen molar-refractivity contribution in [2.45, 2.75) is 12.8 Å². The lowest BCUT2D eigenvalue weighted by Crippen LogP contribution is -2.46. The quantitative estimate of drug-likeness (QED) is 0.537. The number of methoxy groups -OCH3 is 1. The van der Waals surface area contributed by atoms with Gasteiger partial charge in [-0.3, -0.25) is 0 Å². The largest absolute Gasteiger partial charge is 0.467 e. The van der Waals surface area contributed by atoms with Gasteiger partial charge in [0.05, 0.1) is 36.0 Å². The summed E-state index contributed by atoms with van der Waals surface area (Å²) in [7, 11) is 3.63. The van der Waals surface area contributed by atoms with Gasteiger partial charge in [0, 0.05) is 26.2 Å². The fourth-order valence-corrected chi connectivity index (χ4v) is 3.56. The van der Waals surface area contributed by atoms with Crippen molar-refractivity contribution in [2.24, 2.45) is 7.05 Å². The Morgan fingerprint density at radius 2 is 1.86 bits per heavy atom. The molecule has 1 aliphatic rings. The molecule has 0 aliphatic carbocycles. The van der Waals surface area contributed by atoms with Crippen LogP contribution < -0.4 is 9.64 Å². The highest BCUT2D eigenvalue weighted by atomic mass is 16.5. The SMILES string of the molecule is COc1nc(N2CC(c3nc4ccccc4n3C)C2)cc(-n2ncc(C)n2)n1. The molecule has 4 heterocycles. The maximum absolute atomic E-state index is 5.28. The summed E-state index contributed by atoms with van der Waals surface area (Å²) < 4.78 is 7.46. The third kappa shape index (κ3) is 2.67. The maximum atomic E-state index is 5.28. The highest BCUT2D eigenvalue weighted by Gasteiger charge is 2.33. The summed E-state index contributed by atoms with van der Waals surface area (Å²) >= 11 is 0. The Balaban J connectivity index is 1.41. The molecule has 0 saturated carbocycles. The van der Waals surface area contributed by atoms with Gasteiger partial charge in [-0.15, -0.1) is 4.80 Å². The number of benzene rings is 1. The van der Waals surface area contributed by atoms with Gasteiger partial charge in [0.2, 0.25) is 0 Å². The van der Waals surface area contributed by atoms with Gasteiger partial charge in [-0.1, -0.05) is 12.1 Å². The van der Waals surface area contributed by atoms with Crippen molar-refractivity contribution in [1.29, 1.82) is 0 Å². The zero-order valence-electron chi connectivity index (χ0n) is 15.9. The number of aryl methyl sites for hydroxylation is 2. The first-order chi connectivity index (χ1) is 13.6. The molecule has 142 valence electrons. The van der Waals surface area contributed by atoms with E-state index in [-0.39, 0.29) is 0 Å². The summed E-state index contributed by atoms with van der Waals surface area (Å²) in [6.45, 7) is 3.56. The van der Waals surface area contributed by atoms with Crippen LogP contribution in [0.2, 0.25) is 0 Å². The number of hydrogen-bond acceptors (Lipinski definition) is 7. The van der Waals surface area contributed by atoms with Gasteiger partial charge < -0.3 is 14.2 Å². The molecule has 1 aliphatic heterocycles. The number of nitrogens with zero attached hydrogens (tertiary/aromatic N) is 8. The Kier molecular flexibility index (Phi) is 3.75. The molecule has 5 rings (SSSR count). The van der Waals surface area contributed by atoms with Gasteiger partial charge in [0.1, 0.15) is 11.6 Å². The predicted octanol–water partition coefficient (Wildman–Crippen LogP) is 1.86. The van der Waals surface area contributed by atoms with Gasteiger partial charge in [-0.2, -0.15) is 20.2 Å². The highest BCUT2D eigenvalue weighted by Crippen LogP contribution is 2.32. The van der Waals surface area contributed by atoms with Crippen LogP contribution in [-0.4, -0.2) is 54.7 Å². The molecule has 28 heavy (non-hydrogen) atoms. The molecular formula is C19H20N8O. The van der Waals surface area contributed by atoms with Gasteiger partial charge in [-0.05, 0) is 19.1 Å². The van der Waals surface area contributed by atoms with E-state index in [4.69, 9.17) is 9.72 Å². The first kappa shape index (κ1) is 16.7. The van der Waals surface area contributed by atoms with E-state index < -0.39 is 0 Å². The van der Waals surface area contributed by atoms with Gasteiger partial charge in [-0.25, -0.2) is 4.98 Å². The van der Waals surface area contributed by atoms with Crippen molar-refractivity contribution < 1.29 is 4.74 Å². The van der Waals surface area contributed by atoms with Crippen LogP contribution in [0, 0.1) is 6.92 Å². The minimum atomic E-state index is 0.300. The third-order valence-corrected chi connectivity index (χ3v) is 5.06. The normalized spacial score (nSPS) is 14.5. The smallest absolute Gasteiger partial charge is 0.320 e. The molecular weight excluding hydrogens is 356 g/mol. The molecule has 0 N–H and O–H groups in total. The van der Waals surface area contributed by atoms with E-state index in [0.717, 1.165) is 41.5 Å². The molecule has 0 amide bonds. The summed E-state index contributed by atoms with van der Waals surface area (Å²) in [5.74, 6) is 2.84. The Morgan fingerprint density at radius 1 is 1.07 bits per heavy atom. The number of anilines is 1. The van der Waals surface area contributed by atoms with Crippen LogP contribution in [0.1, 0.15) is 17.4 Å². The number of ether oxygens (including phenoxy) is 1. The lowest BCUT2D eigenvalue weighted by atomic mass is 9.99. The summed E-state index contributed by atoms with van der Waals surface area (Å²) in [5, 5.41) is 8.56. The topological polar surface area (TPSA) is 86.8 Å². The Labute approximate surface area is 161 Å². The van der Waals surface area contributed by atoms with Crippen LogP contribution in [0.5, 0.6) is 6.01 Å². The summed E-state index contributed by atoms with van der Waals surface area (Å²) in [6.07, 6.45) is 1.69. The van der Waals surface area contributed by atoms with E-state index in [1.807, 2.05) is 25.1 Å². The van der Waals surface area contributed by atoms with E-state index in [2.05, 4.69) is 48.8 Å². The lowest BCUT2D eigenvalue weighted by molar-refractivity contribution is 0.376. The van der Waals surface area contributed by atoms with Crippen molar-refractivity contribution in [3.63, 3.8) is 0 Å². The first-order valence-corrected chi connectivity index (χ1v) is 9.11. The van der Waals surface area contributed by atoms with Crippen LogP contribution >= 0.6 is 0 Å². The zero-order valence-corrected chi connectivity index (χ0v) is 15.9. The highest BCUT2D eigenvalue weighted by molar-refractivity contribution is 5.76. The molecule has 0 bridgehead atoms. The van der Waals surface area contributed by atoms with Gasteiger partial charge in [0.15, 0.2) is 5.82 Å². The second kappa shape index (κ2) is 6.29. The minimum Gasteiger partial charge on any atom is -0.467 e. The molecule has 4 aromatic rings. The number of imidazole rings is 1. The second-order valence-corrected chi connectivity index (χ2v) is 6.97. The second-order valence-electron chi connectivity index (χ2n) is 6.97. The number of para-hydroxylation sites is 2. The fraction of sp³-hybridized carbons (Fsp3) is 0.316. The monoisotopic (exact) mass is 376 g/mol. The van der Waals surface area contributed by atoms with Gasteiger partial charge >= 0.3 is 6.01 Å². The molecule has 3 aromatic heterocycles. The van der Waals surface area contributed by atoms with Crippen molar-refractivity contribution in [2.75, 3.05) is 25.1 Å². The molecule has 9 heteroatoms. The number of hydrogen-bond donors (Lipinski definition) is 0. The molecule has 0 radical (unpaired) electrons. The first-order valence-electron chi connectivity index (χ1n) is 9.11. The Morgan fingerprint density at radius 3 is 2.57 bits per heavy atom. The standard InChI is InChI=1S/C19H20N8O/c1-12-9-20-27(24-12)17-8-16(22-19(23-17)28-3)26-10-13(11-26)18-21-14-6-4-5-7-15(14)25(18)2/h4-9,13H,10-11H2,1-3H3. The summed E-state index contributed by atoms with van der Waals surface area (Å²) in [4.78, 5) is 17.4. The number of fused-ring (bicyclic) bond motifs is 1. The van der Waals surface area contributed by atoms with Crippen molar-refractivity contribution in [3.8, 4) is 11.8 Å². The lowest BCUT2D eigenvalue weighted by Gasteiger charge is -2.39. The molecule has 1 saturated heterocycles. The van der Waals surface area contributed by atoms with E-state index in [9.17, 15) is 0 Å². The van der Waals surface area contributed by atoms with Crippen LogP contribution in [0.15, 0.2) is 36.5 Å². The molecule has 1 aromatic carbocycles. The van der Waals surface area contributed by atoms with Crippen LogP contribution in [0.3, 0.4) is 0 Å². The van der Waals surface area contributed by atoms with Crippen molar-refractivity contribution >= 4 is 16.9 Å². The number of aromatic nitrogens is 7. The van der Waals surface area contributed by atoms with E-state index in [1.165, 1.54) is 4.80 Å². The molecule has 0 unspecified atom stereocenters.